The molecule has 4 rings (SSSR count). The predicted octanol–water partition coefficient (Wildman–Crippen LogP) is 2.75. The number of nitrogens with zero attached hydrogens (tertiary/aromatic N) is 1. The molecule has 1 fully saturated rings. The van der Waals surface area contributed by atoms with E-state index in [2.05, 4.69) is 9.71 Å². The van der Waals surface area contributed by atoms with Gasteiger partial charge in [0.05, 0.1) is 9.79 Å². The molecule has 0 radical (unpaired) electrons. The minimum atomic E-state index is -3.81. The van der Waals surface area contributed by atoms with Crippen LogP contribution in [-0.4, -0.2) is 39.2 Å². The molecule has 7 nitrogen and oxygen atoms in total. The Hall–Kier alpha value is -2.36. The standard InChI is InChI=1S/C18H19N3O4S2/c22-26(23,20-15-3-8-18-14(13-15)9-10-19-18)16-4-6-17(7-5-16)27(24,25)21-11-1-2-12-21/h3-10,13,19-20H,1-2,11-12H2. The average Bonchev–Trinajstić information content (AvgIpc) is 3.33. The van der Waals surface area contributed by atoms with Gasteiger partial charge in [0.25, 0.3) is 10.0 Å². The topological polar surface area (TPSA) is 99.3 Å². The van der Waals surface area contributed by atoms with Crippen molar-refractivity contribution < 1.29 is 16.8 Å². The van der Waals surface area contributed by atoms with Crippen molar-refractivity contribution in [3.8, 4) is 0 Å². The molecule has 0 bridgehead atoms. The summed E-state index contributed by atoms with van der Waals surface area (Å²) < 4.78 is 54.3. The molecule has 142 valence electrons. The van der Waals surface area contributed by atoms with Gasteiger partial charge >= 0.3 is 0 Å². The van der Waals surface area contributed by atoms with Crippen molar-refractivity contribution in [2.24, 2.45) is 0 Å². The molecule has 0 aliphatic carbocycles. The van der Waals surface area contributed by atoms with Crippen molar-refractivity contribution in [2.75, 3.05) is 17.8 Å². The highest BCUT2D eigenvalue weighted by molar-refractivity contribution is 7.92. The van der Waals surface area contributed by atoms with Crippen molar-refractivity contribution in [1.82, 2.24) is 9.29 Å². The smallest absolute Gasteiger partial charge is 0.261 e. The van der Waals surface area contributed by atoms with Crippen molar-refractivity contribution in [1.29, 1.82) is 0 Å². The molecule has 1 saturated heterocycles. The number of nitrogens with one attached hydrogen (secondary N) is 2. The van der Waals surface area contributed by atoms with Crippen LogP contribution >= 0.6 is 0 Å². The van der Waals surface area contributed by atoms with Crippen LogP contribution in [0, 0.1) is 0 Å². The van der Waals surface area contributed by atoms with E-state index < -0.39 is 20.0 Å². The monoisotopic (exact) mass is 405 g/mol. The molecule has 2 aromatic carbocycles. The zero-order valence-electron chi connectivity index (χ0n) is 14.4. The zero-order chi connectivity index (χ0) is 19.1. The number of aromatic nitrogens is 1. The fraction of sp³-hybridized carbons (Fsp3) is 0.222. The number of rotatable bonds is 5. The van der Waals surface area contributed by atoms with Crippen LogP contribution in [0.15, 0.2) is 64.5 Å². The summed E-state index contributed by atoms with van der Waals surface area (Å²) in [5, 5.41) is 0.891. The predicted molar refractivity (Wildman–Crippen MR) is 104 cm³/mol. The van der Waals surface area contributed by atoms with Gasteiger partial charge in [-0.3, -0.25) is 4.72 Å². The number of fused-ring (bicyclic) bond motifs is 1. The number of benzene rings is 2. The molecular formula is C18H19N3O4S2. The van der Waals surface area contributed by atoms with Crippen LogP contribution in [0.4, 0.5) is 5.69 Å². The largest absolute Gasteiger partial charge is 0.361 e. The van der Waals surface area contributed by atoms with E-state index in [1.807, 2.05) is 6.07 Å². The second-order valence-corrected chi connectivity index (χ2v) is 10.1. The van der Waals surface area contributed by atoms with E-state index in [-0.39, 0.29) is 9.79 Å². The van der Waals surface area contributed by atoms with Gasteiger partial charge in [0, 0.05) is 35.9 Å². The maximum absolute atomic E-state index is 12.6. The van der Waals surface area contributed by atoms with Crippen LogP contribution in [0.5, 0.6) is 0 Å². The number of sulfonamides is 2. The Morgan fingerprint density at radius 3 is 2.22 bits per heavy atom. The summed E-state index contributed by atoms with van der Waals surface area (Å²) in [4.78, 5) is 3.17. The molecule has 0 saturated carbocycles. The lowest BCUT2D eigenvalue weighted by molar-refractivity contribution is 0.477. The molecule has 0 spiro atoms. The van der Waals surface area contributed by atoms with Gasteiger partial charge in [0.15, 0.2) is 0 Å². The summed E-state index contributed by atoms with van der Waals surface area (Å²) in [5.74, 6) is 0. The third-order valence-corrected chi connectivity index (χ3v) is 7.95. The van der Waals surface area contributed by atoms with Crippen molar-refractivity contribution >= 4 is 36.6 Å². The Kier molecular flexibility index (Phi) is 4.45. The highest BCUT2D eigenvalue weighted by Gasteiger charge is 2.27. The molecule has 3 aromatic rings. The van der Waals surface area contributed by atoms with Crippen molar-refractivity contribution in [3.05, 3.63) is 54.7 Å². The molecule has 1 aromatic heterocycles. The lowest BCUT2D eigenvalue weighted by Crippen LogP contribution is -2.27. The molecule has 0 amide bonds. The Morgan fingerprint density at radius 2 is 1.52 bits per heavy atom. The third-order valence-electron chi connectivity index (χ3n) is 4.64. The fourth-order valence-electron chi connectivity index (χ4n) is 3.20. The lowest BCUT2D eigenvalue weighted by Gasteiger charge is -2.15. The maximum Gasteiger partial charge on any atom is 0.261 e. The SMILES string of the molecule is O=S(=O)(Nc1ccc2[nH]ccc2c1)c1ccc(S(=O)(=O)N2CCCC2)cc1. The molecular weight excluding hydrogens is 386 g/mol. The number of anilines is 1. The molecule has 27 heavy (non-hydrogen) atoms. The number of aromatic amines is 1. The second kappa shape index (κ2) is 6.66. The summed E-state index contributed by atoms with van der Waals surface area (Å²) in [6.45, 7) is 1.01. The third kappa shape index (κ3) is 3.45. The summed E-state index contributed by atoms with van der Waals surface area (Å²) in [5.41, 5.74) is 1.35. The fourth-order valence-corrected chi connectivity index (χ4v) is 5.77. The Morgan fingerprint density at radius 1 is 0.852 bits per heavy atom. The molecule has 2 N–H and O–H groups in total. The van der Waals surface area contributed by atoms with Gasteiger partial charge in [-0.05, 0) is 61.4 Å². The Labute approximate surface area is 158 Å². The molecule has 9 heteroatoms. The van der Waals surface area contributed by atoms with Gasteiger partial charge in [0.2, 0.25) is 10.0 Å². The summed E-state index contributed by atoms with van der Waals surface area (Å²) in [6.07, 6.45) is 3.48. The van der Waals surface area contributed by atoms with Crippen molar-refractivity contribution in [3.63, 3.8) is 0 Å². The van der Waals surface area contributed by atoms with Crippen molar-refractivity contribution in [2.45, 2.75) is 22.6 Å². The zero-order valence-corrected chi connectivity index (χ0v) is 16.1. The first-order valence-corrected chi connectivity index (χ1v) is 11.5. The van der Waals surface area contributed by atoms with Gasteiger partial charge < -0.3 is 4.98 Å². The number of hydrogen-bond donors (Lipinski definition) is 2. The first-order chi connectivity index (χ1) is 12.9. The average molecular weight is 406 g/mol. The molecule has 1 aliphatic heterocycles. The Balaban J connectivity index is 1.58. The second-order valence-electron chi connectivity index (χ2n) is 6.47. The normalized spacial score (nSPS) is 16.0. The molecule has 0 unspecified atom stereocenters. The summed E-state index contributed by atoms with van der Waals surface area (Å²) >= 11 is 0. The van der Waals surface area contributed by atoms with Crippen LogP contribution in [0.3, 0.4) is 0 Å². The minimum absolute atomic E-state index is 0.0111. The van der Waals surface area contributed by atoms with E-state index in [0.717, 1.165) is 23.7 Å². The van der Waals surface area contributed by atoms with E-state index >= 15 is 0 Å². The summed E-state index contributed by atoms with van der Waals surface area (Å²) in [7, 11) is -7.38. The van der Waals surface area contributed by atoms with Crippen LogP contribution in [-0.2, 0) is 20.0 Å². The lowest BCUT2D eigenvalue weighted by atomic mass is 10.2. The van der Waals surface area contributed by atoms with Gasteiger partial charge in [-0.2, -0.15) is 4.31 Å². The minimum Gasteiger partial charge on any atom is -0.361 e. The van der Waals surface area contributed by atoms with Gasteiger partial charge in [-0.15, -0.1) is 0 Å². The highest BCUT2D eigenvalue weighted by atomic mass is 32.2. The van der Waals surface area contributed by atoms with Crippen LogP contribution in [0.1, 0.15) is 12.8 Å². The van der Waals surface area contributed by atoms with Crippen LogP contribution < -0.4 is 4.72 Å². The van der Waals surface area contributed by atoms with Gasteiger partial charge in [0.1, 0.15) is 0 Å². The van der Waals surface area contributed by atoms with E-state index in [4.69, 9.17) is 0 Å². The summed E-state index contributed by atoms with van der Waals surface area (Å²) in [6, 6.07) is 12.4. The Bertz CT molecular complexity index is 1180. The van der Waals surface area contributed by atoms with Gasteiger partial charge in [-0.25, -0.2) is 16.8 Å². The highest BCUT2D eigenvalue weighted by Crippen LogP contribution is 2.24. The maximum atomic E-state index is 12.6. The number of hydrogen-bond acceptors (Lipinski definition) is 4. The van der Waals surface area contributed by atoms with Crippen LogP contribution in [0.25, 0.3) is 10.9 Å². The number of H-pyrrole nitrogens is 1. The van der Waals surface area contributed by atoms with Crippen LogP contribution in [0.2, 0.25) is 0 Å². The first kappa shape index (κ1) is 18.0. The first-order valence-electron chi connectivity index (χ1n) is 8.56. The van der Waals surface area contributed by atoms with Gasteiger partial charge in [-0.1, -0.05) is 0 Å². The molecule has 2 heterocycles. The molecule has 1 aliphatic rings. The van der Waals surface area contributed by atoms with E-state index in [0.29, 0.717) is 18.8 Å². The molecule has 0 atom stereocenters. The quantitative estimate of drug-likeness (QED) is 0.682. The van der Waals surface area contributed by atoms with E-state index in [9.17, 15) is 16.8 Å². The van der Waals surface area contributed by atoms with E-state index in [1.165, 1.54) is 28.6 Å². The van der Waals surface area contributed by atoms with E-state index in [1.54, 1.807) is 24.4 Å².